The van der Waals surface area contributed by atoms with Crippen LogP contribution in [0.1, 0.15) is 19.8 Å². The Kier molecular flexibility index (Phi) is 3.38. The zero-order valence-corrected chi connectivity index (χ0v) is 4.82. The van der Waals surface area contributed by atoms with Gasteiger partial charge in [0.05, 0.1) is 7.11 Å². The molecule has 0 amide bonds. The Morgan fingerprint density at radius 3 is 2.43 bits per heavy atom. The van der Waals surface area contributed by atoms with Crippen LogP contribution in [0.15, 0.2) is 0 Å². The molecule has 0 spiro atoms. The van der Waals surface area contributed by atoms with Crippen LogP contribution < -0.4 is 0 Å². The molecule has 0 aromatic carbocycles. The van der Waals surface area contributed by atoms with Gasteiger partial charge in [0.2, 0.25) is 0 Å². The number of methoxy groups -OCH3 is 1. The lowest BCUT2D eigenvalue weighted by atomic mass is 10.3. The summed E-state index contributed by atoms with van der Waals surface area (Å²) in [4.78, 5) is 0. The van der Waals surface area contributed by atoms with Gasteiger partial charge in [0.15, 0.2) is 5.90 Å². The highest BCUT2D eigenvalue weighted by Crippen LogP contribution is 1.87. The topological polar surface area (TPSA) is 33.1 Å². The van der Waals surface area contributed by atoms with Gasteiger partial charge in [-0.3, -0.25) is 5.41 Å². The summed E-state index contributed by atoms with van der Waals surface area (Å²) in [6.45, 7) is 2.02. The average Bonchev–Trinajstić information content (AvgIpc) is 1.68. The molecule has 2 heteroatoms. The van der Waals surface area contributed by atoms with E-state index in [-0.39, 0.29) is 0 Å². The largest absolute Gasteiger partial charge is 0.484 e. The summed E-state index contributed by atoms with van der Waals surface area (Å²) in [5.74, 6) is 0.377. The second-order valence-electron chi connectivity index (χ2n) is 1.38. The van der Waals surface area contributed by atoms with Crippen LogP contribution in [0.25, 0.3) is 0 Å². The lowest BCUT2D eigenvalue weighted by molar-refractivity contribution is 0.385. The van der Waals surface area contributed by atoms with Crippen LogP contribution in [0.4, 0.5) is 0 Å². The Morgan fingerprint density at radius 1 is 1.71 bits per heavy atom. The predicted octanol–water partition coefficient (Wildman–Crippen LogP) is 1.41. The molecule has 0 fully saturated rings. The average molecular weight is 101 g/mol. The summed E-state index contributed by atoms with van der Waals surface area (Å²) in [5, 5.41) is 6.92. The van der Waals surface area contributed by atoms with Crippen LogP contribution in [0.5, 0.6) is 0 Å². The maximum Gasteiger partial charge on any atom is 0.179 e. The van der Waals surface area contributed by atoms with Gasteiger partial charge >= 0.3 is 0 Å². The van der Waals surface area contributed by atoms with E-state index in [4.69, 9.17) is 5.41 Å². The Balaban J connectivity index is 3.00. The van der Waals surface area contributed by atoms with Gasteiger partial charge in [-0.05, 0) is 6.42 Å². The van der Waals surface area contributed by atoms with E-state index < -0.39 is 0 Å². The normalized spacial score (nSPS) is 8.29. The third kappa shape index (κ3) is 3.30. The molecule has 0 aliphatic rings. The minimum atomic E-state index is 0.377. The molecule has 42 valence electrons. The molecule has 0 radical (unpaired) electrons. The summed E-state index contributed by atoms with van der Waals surface area (Å²) in [6.07, 6.45) is 1.75. The maximum absolute atomic E-state index is 6.92. The van der Waals surface area contributed by atoms with Crippen molar-refractivity contribution in [3.05, 3.63) is 0 Å². The molecular weight excluding hydrogens is 90.1 g/mol. The van der Waals surface area contributed by atoms with E-state index in [9.17, 15) is 0 Å². The number of rotatable bonds is 2. The maximum atomic E-state index is 6.92. The minimum absolute atomic E-state index is 0.377. The third-order valence-corrected chi connectivity index (χ3v) is 0.723. The highest BCUT2D eigenvalue weighted by molar-refractivity contribution is 5.72. The first kappa shape index (κ1) is 6.47. The summed E-state index contributed by atoms with van der Waals surface area (Å²) >= 11 is 0. The Morgan fingerprint density at radius 2 is 2.29 bits per heavy atom. The lowest BCUT2D eigenvalue weighted by Crippen LogP contribution is -1.96. The van der Waals surface area contributed by atoms with Gasteiger partial charge in [-0.1, -0.05) is 6.92 Å². The SMILES string of the molecule is CCCC(=N)OC. The van der Waals surface area contributed by atoms with Gasteiger partial charge in [-0.2, -0.15) is 0 Å². The van der Waals surface area contributed by atoms with E-state index in [1.165, 1.54) is 7.11 Å². The molecule has 0 aliphatic heterocycles. The van der Waals surface area contributed by atoms with Crippen LogP contribution in [0.2, 0.25) is 0 Å². The van der Waals surface area contributed by atoms with Gasteiger partial charge < -0.3 is 4.74 Å². The van der Waals surface area contributed by atoms with Crippen molar-refractivity contribution in [3.63, 3.8) is 0 Å². The minimum Gasteiger partial charge on any atom is -0.484 e. The molecule has 7 heavy (non-hydrogen) atoms. The highest BCUT2D eigenvalue weighted by Gasteiger charge is 1.87. The number of ether oxygens (including phenoxy) is 1. The van der Waals surface area contributed by atoms with Crippen LogP contribution in [0, 0.1) is 5.41 Å². The quantitative estimate of drug-likeness (QED) is 0.414. The van der Waals surface area contributed by atoms with Crippen molar-refractivity contribution < 1.29 is 4.74 Å². The van der Waals surface area contributed by atoms with Crippen molar-refractivity contribution >= 4 is 5.90 Å². The van der Waals surface area contributed by atoms with Gasteiger partial charge in [0.1, 0.15) is 0 Å². The highest BCUT2D eigenvalue weighted by atomic mass is 16.5. The number of hydrogen-bond acceptors (Lipinski definition) is 2. The molecule has 0 aromatic heterocycles. The summed E-state index contributed by atoms with van der Waals surface area (Å²) in [5.41, 5.74) is 0. The second-order valence-corrected chi connectivity index (χ2v) is 1.38. The molecule has 2 nitrogen and oxygen atoms in total. The molecule has 0 aromatic rings. The molecule has 1 N–H and O–H groups in total. The fourth-order valence-corrected chi connectivity index (χ4v) is 0.329. The van der Waals surface area contributed by atoms with Crippen molar-refractivity contribution in [1.29, 1.82) is 5.41 Å². The van der Waals surface area contributed by atoms with Crippen LogP contribution in [-0.2, 0) is 4.74 Å². The predicted molar refractivity (Wildman–Crippen MR) is 29.6 cm³/mol. The van der Waals surface area contributed by atoms with Gasteiger partial charge in [0.25, 0.3) is 0 Å². The van der Waals surface area contributed by atoms with Crippen molar-refractivity contribution in [2.75, 3.05) is 7.11 Å². The first-order chi connectivity index (χ1) is 3.31. The molecule has 0 rings (SSSR count). The lowest BCUT2D eigenvalue weighted by Gasteiger charge is -1.95. The molecule has 0 saturated carbocycles. The first-order valence-corrected chi connectivity index (χ1v) is 2.42. The first-order valence-electron chi connectivity index (χ1n) is 2.42. The monoisotopic (exact) mass is 101 g/mol. The molecule has 0 heterocycles. The zero-order chi connectivity index (χ0) is 5.70. The number of nitrogens with one attached hydrogen (secondary N) is 1. The van der Waals surface area contributed by atoms with E-state index in [2.05, 4.69) is 4.74 Å². The summed E-state index contributed by atoms with van der Waals surface area (Å²) in [6, 6.07) is 0. The van der Waals surface area contributed by atoms with Gasteiger partial charge in [-0.25, -0.2) is 0 Å². The van der Waals surface area contributed by atoms with Crippen LogP contribution in [-0.4, -0.2) is 13.0 Å². The van der Waals surface area contributed by atoms with E-state index >= 15 is 0 Å². The summed E-state index contributed by atoms with van der Waals surface area (Å²) in [7, 11) is 1.53. The fourth-order valence-electron chi connectivity index (χ4n) is 0.329. The summed E-state index contributed by atoms with van der Waals surface area (Å²) < 4.78 is 4.57. The van der Waals surface area contributed by atoms with E-state index in [1.54, 1.807) is 0 Å². The van der Waals surface area contributed by atoms with E-state index in [0.29, 0.717) is 5.90 Å². The Hall–Kier alpha value is -0.530. The van der Waals surface area contributed by atoms with Gasteiger partial charge in [0, 0.05) is 6.42 Å². The molecular formula is C5H11NO. The molecule has 0 aliphatic carbocycles. The smallest absolute Gasteiger partial charge is 0.179 e. The van der Waals surface area contributed by atoms with Crippen molar-refractivity contribution in [1.82, 2.24) is 0 Å². The number of hydrogen-bond donors (Lipinski definition) is 1. The second kappa shape index (κ2) is 3.65. The zero-order valence-electron chi connectivity index (χ0n) is 4.82. The Labute approximate surface area is 44.0 Å². The van der Waals surface area contributed by atoms with Crippen LogP contribution in [0.3, 0.4) is 0 Å². The van der Waals surface area contributed by atoms with Gasteiger partial charge in [-0.15, -0.1) is 0 Å². The van der Waals surface area contributed by atoms with E-state index in [1.807, 2.05) is 6.92 Å². The van der Waals surface area contributed by atoms with Crippen molar-refractivity contribution in [2.45, 2.75) is 19.8 Å². The standard InChI is InChI=1S/C5H11NO/c1-3-4-5(6)7-2/h6H,3-4H2,1-2H3. The Bertz CT molecular complexity index is 61.1. The molecule has 0 atom stereocenters. The molecule has 0 saturated heterocycles. The van der Waals surface area contributed by atoms with Crippen molar-refractivity contribution in [3.8, 4) is 0 Å². The molecule has 0 bridgehead atoms. The fraction of sp³-hybridized carbons (Fsp3) is 0.800. The molecule has 0 unspecified atom stereocenters. The van der Waals surface area contributed by atoms with Crippen LogP contribution >= 0.6 is 0 Å². The van der Waals surface area contributed by atoms with Crippen molar-refractivity contribution in [2.24, 2.45) is 0 Å². The third-order valence-electron chi connectivity index (χ3n) is 0.723. The van der Waals surface area contributed by atoms with E-state index in [0.717, 1.165) is 12.8 Å².